The van der Waals surface area contributed by atoms with E-state index in [9.17, 15) is 4.39 Å². The zero-order valence-electron chi connectivity index (χ0n) is 11.9. The summed E-state index contributed by atoms with van der Waals surface area (Å²) in [5.74, 6) is 0.915. The molecule has 0 aliphatic carbocycles. The molecule has 0 bridgehead atoms. The van der Waals surface area contributed by atoms with Crippen molar-refractivity contribution in [1.29, 1.82) is 0 Å². The molecule has 0 aromatic heterocycles. The zero-order chi connectivity index (χ0) is 14.0. The summed E-state index contributed by atoms with van der Waals surface area (Å²) in [7, 11) is 0. The van der Waals surface area contributed by atoms with Crippen molar-refractivity contribution in [2.75, 3.05) is 13.1 Å². The molecule has 0 fully saturated rings. The first-order valence-electron chi connectivity index (χ1n) is 6.73. The highest BCUT2D eigenvalue weighted by Crippen LogP contribution is 2.27. The molecular weight excluding hydrogens is 241 g/mol. The van der Waals surface area contributed by atoms with Gasteiger partial charge >= 0.3 is 0 Å². The molecule has 104 valence electrons. The maximum absolute atomic E-state index is 13.8. The molecular formula is C15H22FN3. The van der Waals surface area contributed by atoms with E-state index in [1.807, 2.05) is 12.1 Å². The Morgan fingerprint density at radius 1 is 1.42 bits per heavy atom. The van der Waals surface area contributed by atoms with Crippen molar-refractivity contribution >= 4 is 5.96 Å². The van der Waals surface area contributed by atoms with E-state index >= 15 is 0 Å². The summed E-state index contributed by atoms with van der Waals surface area (Å²) in [6.07, 6.45) is 0.622. The standard InChI is InChI=1S/C15H22FN3/c1-11(2)9-19-14(17)18-10-15(19,3)8-12-6-4-5-7-13(12)16/h4-7,11H,8-10H2,1-3H3,(H2,17,18). The minimum atomic E-state index is -0.226. The lowest BCUT2D eigenvalue weighted by Gasteiger charge is -2.37. The van der Waals surface area contributed by atoms with Crippen LogP contribution in [0.25, 0.3) is 0 Å². The first-order valence-corrected chi connectivity index (χ1v) is 6.73. The van der Waals surface area contributed by atoms with E-state index in [2.05, 4.69) is 30.7 Å². The minimum Gasteiger partial charge on any atom is -0.370 e. The third-order valence-corrected chi connectivity index (χ3v) is 3.59. The second kappa shape index (κ2) is 5.19. The van der Waals surface area contributed by atoms with Gasteiger partial charge in [0.2, 0.25) is 0 Å². The molecule has 1 unspecified atom stereocenters. The van der Waals surface area contributed by atoms with Crippen LogP contribution >= 0.6 is 0 Å². The van der Waals surface area contributed by atoms with Crippen LogP contribution in [0.15, 0.2) is 29.3 Å². The average Bonchev–Trinajstić information content (AvgIpc) is 2.60. The molecule has 1 aromatic rings. The Hall–Kier alpha value is -1.58. The SMILES string of the molecule is CC(C)CN1C(N)=NCC1(C)Cc1ccccc1F. The first kappa shape index (κ1) is 13.8. The van der Waals surface area contributed by atoms with Crippen LogP contribution < -0.4 is 5.73 Å². The molecule has 1 aliphatic heterocycles. The molecule has 3 nitrogen and oxygen atoms in total. The van der Waals surface area contributed by atoms with E-state index in [0.717, 1.165) is 12.1 Å². The Labute approximate surface area is 114 Å². The molecule has 2 N–H and O–H groups in total. The van der Waals surface area contributed by atoms with Crippen molar-refractivity contribution in [3.05, 3.63) is 35.6 Å². The van der Waals surface area contributed by atoms with Gasteiger partial charge in [-0.2, -0.15) is 0 Å². The summed E-state index contributed by atoms with van der Waals surface area (Å²) in [5, 5.41) is 0. The fourth-order valence-electron chi connectivity index (χ4n) is 2.58. The quantitative estimate of drug-likeness (QED) is 0.906. The lowest BCUT2D eigenvalue weighted by molar-refractivity contribution is 0.200. The average molecular weight is 263 g/mol. The number of aliphatic imine (C=N–C) groups is 1. The van der Waals surface area contributed by atoms with Crippen molar-refractivity contribution in [3.63, 3.8) is 0 Å². The van der Waals surface area contributed by atoms with Crippen molar-refractivity contribution in [2.45, 2.75) is 32.7 Å². The molecule has 1 aliphatic rings. The maximum atomic E-state index is 13.8. The molecule has 0 saturated heterocycles. The van der Waals surface area contributed by atoms with Gasteiger partial charge < -0.3 is 10.6 Å². The molecule has 2 rings (SSSR count). The van der Waals surface area contributed by atoms with Crippen LogP contribution in [0.4, 0.5) is 4.39 Å². The fraction of sp³-hybridized carbons (Fsp3) is 0.533. The van der Waals surface area contributed by atoms with Crippen molar-refractivity contribution in [1.82, 2.24) is 4.90 Å². The van der Waals surface area contributed by atoms with Gasteiger partial charge in [0.25, 0.3) is 0 Å². The topological polar surface area (TPSA) is 41.6 Å². The minimum absolute atomic E-state index is 0.154. The first-order chi connectivity index (χ1) is 8.92. The number of nitrogens with two attached hydrogens (primary N) is 1. The molecule has 1 aromatic carbocycles. The third-order valence-electron chi connectivity index (χ3n) is 3.59. The van der Waals surface area contributed by atoms with E-state index in [4.69, 9.17) is 5.73 Å². The summed E-state index contributed by atoms with van der Waals surface area (Å²) < 4.78 is 13.8. The summed E-state index contributed by atoms with van der Waals surface area (Å²) >= 11 is 0. The van der Waals surface area contributed by atoms with Crippen LogP contribution in [0.3, 0.4) is 0 Å². The Balaban J connectivity index is 2.20. The van der Waals surface area contributed by atoms with E-state index in [-0.39, 0.29) is 11.4 Å². The molecule has 1 heterocycles. The molecule has 0 spiro atoms. The van der Waals surface area contributed by atoms with Gasteiger partial charge in [-0.1, -0.05) is 32.0 Å². The van der Waals surface area contributed by atoms with Gasteiger partial charge in [0.1, 0.15) is 5.82 Å². The molecule has 0 radical (unpaired) electrons. The van der Waals surface area contributed by atoms with Crippen molar-refractivity contribution in [2.24, 2.45) is 16.6 Å². The summed E-state index contributed by atoms with van der Waals surface area (Å²) in [5.41, 5.74) is 6.48. The monoisotopic (exact) mass is 263 g/mol. The van der Waals surface area contributed by atoms with Gasteiger partial charge in [-0.25, -0.2) is 4.39 Å². The fourth-order valence-corrected chi connectivity index (χ4v) is 2.58. The lowest BCUT2D eigenvalue weighted by Crippen LogP contribution is -2.52. The highest BCUT2D eigenvalue weighted by Gasteiger charge is 2.38. The molecule has 1 atom stereocenters. The van der Waals surface area contributed by atoms with Gasteiger partial charge in [-0.05, 0) is 24.5 Å². The summed E-state index contributed by atoms with van der Waals surface area (Å²) in [6, 6.07) is 6.92. The Morgan fingerprint density at radius 3 is 2.74 bits per heavy atom. The number of benzene rings is 1. The smallest absolute Gasteiger partial charge is 0.191 e. The molecule has 19 heavy (non-hydrogen) atoms. The van der Waals surface area contributed by atoms with E-state index < -0.39 is 0 Å². The van der Waals surface area contributed by atoms with Gasteiger partial charge in [0, 0.05) is 13.0 Å². The number of rotatable bonds is 4. The van der Waals surface area contributed by atoms with Gasteiger partial charge in [-0.15, -0.1) is 0 Å². The Bertz CT molecular complexity index is 484. The van der Waals surface area contributed by atoms with E-state index in [1.54, 1.807) is 6.07 Å². The van der Waals surface area contributed by atoms with Gasteiger partial charge in [0.05, 0.1) is 12.1 Å². The van der Waals surface area contributed by atoms with Crippen LogP contribution in [0.5, 0.6) is 0 Å². The van der Waals surface area contributed by atoms with Crippen LogP contribution in [-0.4, -0.2) is 29.5 Å². The predicted octanol–water partition coefficient (Wildman–Crippen LogP) is 2.41. The van der Waals surface area contributed by atoms with Gasteiger partial charge in [0.15, 0.2) is 5.96 Å². The second-order valence-electron chi connectivity index (χ2n) is 5.94. The molecule has 0 amide bonds. The van der Waals surface area contributed by atoms with E-state index in [1.165, 1.54) is 6.07 Å². The third kappa shape index (κ3) is 2.88. The van der Waals surface area contributed by atoms with Crippen molar-refractivity contribution in [3.8, 4) is 0 Å². The highest BCUT2D eigenvalue weighted by molar-refractivity contribution is 5.81. The predicted molar refractivity (Wildman–Crippen MR) is 76.5 cm³/mol. The second-order valence-corrected chi connectivity index (χ2v) is 5.94. The number of hydrogen-bond donors (Lipinski definition) is 1. The Kier molecular flexibility index (Phi) is 3.78. The summed E-state index contributed by atoms with van der Waals surface area (Å²) in [4.78, 5) is 6.46. The number of guanidine groups is 1. The number of nitrogens with zero attached hydrogens (tertiary/aromatic N) is 2. The highest BCUT2D eigenvalue weighted by atomic mass is 19.1. The number of hydrogen-bond acceptors (Lipinski definition) is 3. The van der Waals surface area contributed by atoms with Crippen LogP contribution in [0.1, 0.15) is 26.3 Å². The van der Waals surface area contributed by atoms with Crippen LogP contribution in [-0.2, 0) is 6.42 Å². The van der Waals surface area contributed by atoms with Crippen LogP contribution in [0, 0.1) is 11.7 Å². The van der Waals surface area contributed by atoms with Crippen molar-refractivity contribution < 1.29 is 4.39 Å². The van der Waals surface area contributed by atoms with Crippen LogP contribution in [0.2, 0.25) is 0 Å². The Morgan fingerprint density at radius 2 is 2.11 bits per heavy atom. The maximum Gasteiger partial charge on any atom is 0.191 e. The van der Waals surface area contributed by atoms with E-state index in [0.29, 0.717) is 24.8 Å². The normalized spacial score (nSPS) is 23.0. The van der Waals surface area contributed by atoms with Gasteiger partial charge in [-0.3, -0.25) is 4.99 Å². The summed E-state index contributed by atoms with van der Waals surface area (Å²) in [6.45, 7) is 7.87. The lowest BCUT2D eigenvalue weighted by atomic mass is 9.91. The molecule has 4 heteroatoms. The zero-order valence-corrected chi connectivity index (χ0v) is 11.9. The largest absolute Gasteiger partial charge is 0.370 e. The molecule has 0 saturated carbocycles. The number of halogens is 1.